The van der Waals surface area contributed by atoms with Crippen molar-refractivity contribution in [3.8, 4) is 16.9 Å². The predicted molar refractivity (Wildman–Crippen MR) is 110 cm³/mol. The van der Waals surface area contributed by atoms with E-state index in [-0.39, 0.29) is 0 Å². The number of hydrogen-bond donors (Lipinski definition) is 2. The summed E-state index contributed by atoms with van der Waals surface area (Å²) in [5.74, 6) is 0.803. The molecule has 28 heavy (non-hydrogen) atoms. The Morgan fingerprint density at radius 3 is 2.50 bits per heavy atom. The second-order valence-corrected chi connectivity index (χ2v) is 6.46. The molecule has 2 N–H and O–H groups in total. The number of fused-ring (bicyclic) bond motifs is 1. The van der Waals surface area contributed by atoms with Crippen molar-refractivity contribution in [3.63, 3.8) is 0 Å². The van der Waals surface area contributed by atoms with Crippen molar-refractivity contribution in [1.29, 1.82) is 0 Å². The third kappa shape index (κ3) is 3.01. The molecule has 5 aromatic rings. The zero-order chi connectivity index (χ0) is 18.8. The second kappa shape index (κ2) is 7.00. The van der Waals surface area contributed by atoms with Gasteiger partial charge in [-0.3, -0.25) is 0 Å². The molecule has 0 aliphatic heterocycles. The van der Waals surface area contributed by atoms with Crippen molar-refractivity contribution in [2.75, 3.05) is 5.32 Å². The van der Waals surface area contributed by atoms with Crippen LogP contribution in [0.2, 0.25) is 0 Å². The molecule has 0 radical (unpaired) electrons. The van der Waals surface area contributed by atoms with Gasteiger partial charge in [-0.1, -0.05) is 48.5 Å². The van der Waals surface area contributed by atoms with E-state index >= 15 is 0 Å². The molecule has 5 rings (SSSR count). The monoisotopic (exact) mass is 366 g/mol. The van der Waals surface area contributed by atoms with Gasteiger partial charge >= 0.3 is 0 Å². The first-order valence-electron chi connectivity index (χ1n) is 9.10. The van der Waals surface area contributed by atoms with E-state index in [1.54, 1.807) is 6.33 Å². The molecule has 0 aliphatic carbocycles. The van der Waals surface area contributed by atoms with E-state index in [1.807, 2.05) is 65.5 Å². The number of anilines is 1. The fourth-order valence-electron chi connectivity index (χ4n) is 3.28. The molecule has 3 heterocycles. The van der Waals surface area contributed by atoms with Crippen LogP contribution in [0.1, 0.15) is 5.56 Å². The maximum atomic E-state index is 4.85. The summed E-state index contributed by atoms with van der Waals surface area (Å²) in [7, 11) is 0. The van der Waals surface area contributed by atoms with E-state index in [0.29, 0.717) is 6.54 Å². The number of aromatic amines is 1. The number of para-hydroxylation sites is 1. The fourth-order valence-corrected chi connectivity index (χ4v) is 3.28. The van der Waals surface area contributed by atoms with E-state index in [2.05, 4.69) is 38.6 Å². The minimum Gasteiger partial charge on any atom is -0.365 e. The molecule has 0 amide bonds. The van der Waals surface area contributed by atoms with E-state index in [4.69, 9.17) is 5.10 Å². The molecule has 136 valence electrons. The average molecular weight is 366 g/mol. The molecular weight excluding hydrogens is 348 g/mol. The summed E-state index contributed by atoms with van der Waals surface area (Å²) in [5, 5.41) is 9.27. The summed E-state index contributed by atoms with van der Waals surface area (Å²) in [6.45, 7) is 0.606. The smallest absolute Gasteiger partial charge is 0.142 e. The Hall–Kier alpha value is -3.93. The van der Waals surface area contributed by atoms with Crippen molar-refractivity contribution in [2.24, 2.45) is 0 Å². The lowest BCUT2D eigenvalue weighted by Crippen LogP contribution is -2.02. The van der Waals surface area contributed by atoms with Gasteiger partial charge in [0.1, 0.15) is 17.8 Å². The SMILES string of the molecule is c1ccc(-c2nn(-c3ccccc3)cc2CNc2ncnc3[nH]ccc23)cc1. The molecule has 0 aliphatic rings. The molecular formula is C22H18N6. The third-order valence-corrected chi connectivity index (χ3v) is 4.66. The Balaban J connectivity index is 1.52. The fraction of sp³-hybridized carbons (Fsp3) is 0.0455. The van der Waals surface area contributed by atoms with Gasteiger partial charge in [0.2, 0.25) is 0 Å². The first-order valence-corrected chi connectivity index (χ1v) is 9.10. The summed E-state index contributed by atoms with van der Waals surface area (Å²) in [6, 6.07) is 22.3. The molecule has 0 atom stereocenters. The van der Waals surface area contributed by atoms with E-state index in [1.165, 1.54) is 0 Å². The molecule has 0 unspecified atom stereocenters. The summed E-state index contributed by atoms with van der Waals surface area (Å²) >= 11 is 0. The van der Waals surface area contributed by atoms with Crippen LogP contribution in [-0.4, -0.2) is 24.7 Å². The van der Waals surface area contributed by atoms with Crippen LogP contribution in [0.15, 0.2) is 85.5 Å². The minimum atomic E-state index is 0.606. The standard InChI is InChI=1S/C22H18N6/c1-3-7-16(8-4-1)20-17(14-28(27-20)18-9-5-2-6-10-18)13-24-22-19-11-12-23-21(19)25-15-26-22/h1-12,14-15H,13H2,(H2,23,24,25,26). The van der Waals surface area contributed by atoms with Crippen LogP contribution >= 0.6 is 0 Å². The number of nitrogens with one attached hydrogen (secondary N) is 2. The quantitative estimate of drug-likeness (QED) is 0.483. The van der Waals surface area contributed by atoms with Crippen LogP contribution in [-0.2, 0) is 6.54 Å². The second-order valence-electron chi connectivity index (χ2n) is 6.46. The van der Waals surface area contributed by atoms with Gasteiger partial charge in [0, 0.05) is 30.1 Å². The highest BCUT2D eigenvalue weighted by Gasteiger charge is 2.13. The van der Waals surface area contributed by atoms with Crippen LogP contribution in [0.25, 0.3) is 28.0 Å². The van der Waals surface area contributed by atoms with Gasteiger partial charge in [0.05, 0.1) is 16.8 Å². The van der Waals surface area contributed by atoms with Gasteiger partial charge in [-0.15, -0.1) is 0 Å². The number of hydrogen-bond acceptors (Lipinski definition) is 4. The van der Waals surface area contributed by atoms with Crippen LogP contribution in [0, 0.1) is 0 Å². The van der Waals surface area contributed by atoms with Gasteiger partial charge in [0.25, 0.3) is 0 Å². The first kappa shape index (κ1) is 16.3. The predicted octanol–water partition coefficient (Wildman–Crippen LogP) is 4.42. The number of benzene rings is 2. The molecule has 6 heteroatoms. The Morgan fingerprint density at radius 1 is 0.893 bits per heavy atom. The van der Waals surface area contributed by atoms with E-state index in [0.717, 1.165) is 39.4 Å². The number of nitrogens with zero attached hydrogens (tertiary/aromatic N) is 4. The van der Waals surface area contributed by atoms with Crippen molar-refractivity contribution in [2.45, 2.75) is 6.54 Å². The maximum absolute atomic E-state index is 4.85. The van der Waals surface area contributed by atoms with Gasteiger partial charge in [0.15, 0.2) is 0 Å². The van der Waals surface area contributed by atoms with Gasteiger partial charge in [-0.05, 0) is 18.2 Å². The zero-order valence-electron chi connectivity index (χ0n) is 15.1. The summed E-state index contributed by atoms with van der Waals surface area (Å²) < 4.78 is 1.92. The van der Waals surface area contributed by atoms with Crippen molar-refractivity contribution in [1.82, 2.24) is 24.7 Å². The van der Waals surface area contributed by atoms with E-state index < -0.39 is 0 Å². The highest BCUT2D eigenvalue weighted by atomic mass is 15.3. The molecule has 6 nitrogen and oxygen atoms in total. The summed E-state index contributed by atoms with van der Waals surface area (Å²) in [4.78, 5) is 11.7. The Labute approximate surface area is 161 Å². The minimum absolute atomic E-state index is 0.606. The third-order valence-electron chi connectivity index (χ3n) is 4.66. The van der Waals surface area contributed by atoms with Crippen LogP contribution in [0.4, 0.5) is 5.82 Å². The summed E-state index contributed by atoms with van der Waals surface area (Å²) in [6.07, 6.45) is 5.50. The van der Waals surface area contributed by atoms with Crippen LogP contribution < -0.4 is 5.32 Å². The lowest BCUT2D eigenvalue weighted by Gasteiger charge is -2.06. The van der Waals surface area contributed by atoms with Crippen LogP contribution in [0.5, 0.6) is 0 Å². The van der Waals surface area contributed by atoms with E-state index in [9.17, 15) is 0 Å². The summed E-state index contributed by atoms with van der Waals surface area (Å²) in [5.41, 5.74) is 4.99. The highest BCUT2D eigenvalue weighted by molar-refractivity contribution is 5.86. The molecule has 0 saturated heterocycles. The largest absolute Gasteiger partial charge is 0.365 e. The van der Waals surface area contributed by atoms with Gasteiger partial charge in [-0.2, -0.15) is 5.10 Å². The lowest BCUT2D eigenvalue weighted by molar-refractivity contribution is 0.883. The number of H-pyrrole nitrogens is 1. The number of rotatable bonds is 5. The number of aromatic nitrogens is 5. The average Bonchev–Trinajstić information content (AvgIpc) is 3.41. The Kier molecular flexibility index (Phi) is 4.06. The van der Waals surface area contributed by atoms with Crippen LogP contribution in [0.3, 0.4) is 0 Å². The molecule has 0 fully saturated rings. The Bertz CT molecular complexity index is 1210. The van der Waals surface area contributed by atoms with Crippen molar-refractivity contribution < 1.29 is 0 Å². The van der Waals surface area contributed by atoms with Gasteiger partial charge < -0.3 is 10.3 Å². The topological polar surface area (TPSA) is 71.4 Å². The highest BCUT2D eigenvalue weighted by Crippen LogP contribution is 2.25. The van der Waals surface area contributed by atoms with Crippen molar-refractivity contribution in [3.05, 3.63) is 91.0 Å². The normalized spacial score (nSPS) is 11.0. The molecule has 0 bridgehead atoms. The lowest BCUT2D eigenvalue weighted by atomic mass is 10.1. The first-order chi connectivity index (χ1) is 13.9. The Morgan fingerprint density at radius 2 is 1.68 bits per heavy atom. The molecule has 3 aromatic heterocycles. The zero-order valence-corrected chi connectivity index (χ0v) is 15.1. The molecule has 0 spiro atoms. The molecule has 2 aromatic carbocycles. The molecule has 0 saturated carbocycles. The van der Waals surface area contributed by atoms with Crippen molar-refractivity contribution >= 4 is 16.9 Å². The maximum Gasteiger partial charge on any atom is 0.142 e. The van der Waals surface area contributed by atoms with Gasteiger partial charge in [-0.25, -0.2) is 14.6 Å².